The minimum atomic E-state index is -0.811. The molecule has 13 heteroatoms. The molecule has 0 saturated carbocycles. The first-order valence-corrected chi connectivity index (χ1v) is 5.96. The third-order valence-corrected chi connectivity index (χ3v) is 2.59. The van der Waals surface area contributed by atoms with Crippen molar-refractivity contribution >= 4 is 17.7 Å². The second-order valence-corrected chi connectivity index (χ2v) is 4.27. The van der Waals surface area contributed by atoms with Crippen LogP contribution in [-0.2, 0) is 11.3 Å². The smallest absolute Gasteiger partial charge is 0.390 e. The highest BCUT2D eigenvalue weighted by Gasteiger charge is 2.30. The summed E-state index contributed by atoms with van der Waals surface area (Å²) in [4.78, 5) is 38.2. The van der Waals surface area contributed by atoms with E-state index in [0.29, 0.717) is 0 Å². The van der Waals surface area contributed by atoms with Gasteiger partial charge in [-0.25, -0.2) is 0 Å². The third kappa shape index (κ3) is 2.92. The van der Waals surface area contributed by atoms with E-state index in [1.807, 2.05) is 0 Å². The maximum Gasteiger partial charge on any atom is 0.493 e. The van der Waals surface area contributed by atoms with Gasteiger partial charge in [-0.15, -0.1) is 4.68 Å². The summed E-state index contributed by atoms with van der Waals surface area (Å²) in [6, 6.07) is 0. The topological polar surface area (TPSA) is 165 Å². The molecular formula is C9H10N8O5. The summed E-state index contributed by atoms with van der Waals surface area (Å²) in [5, 5.41) is 28.7. The van der Waals surface area contributed by atoms with Crippen molar-refractivity contribution in [1.29, 1.82) is 0 Å². The van der Waals surface area contributed by atoms with E-state index in [0.717, 1.165) is 9.36 Å². The molecule has 2 aromatic heterocycles. The highest BCUT2D eigenvalue weighted by atomic mass is 16.6. The van der Waals surface area contributed by atoms with Crippen LogP contribution in [0.15, 0.2) is 0 Å². The number of carbonyl (C=O) groups is 1. The van der Waals surface area contributed by atoms with Gasteiger partial charge in [-0.05, 0) is 26.7 Å². The first-order valence-electron chi connectivity index (χ1n) is 5.96. The van der Waals surface area contributed by atoms with Crippen molar-refractivity contribution in [3.63, 3.8) is 0 Å². The minimum Gasteiger partial charge on any atom is -0.390 e. The Hall–Kier alpha value is -3.25. The fraction of sp³-hybridized carbons (Fsp3) is 0.444. The van der Waals surface area contributed by atoms with Gasteiger partial charge in [-0.2, -0.15) is 0 Å². The fourth-order valence-corrected chi connectivity index (χ4v) is 1.61. The van der Waals surface area contributed by atoms with E-state index in [-0.39, 0.29) is 30.5 Å². The van der Waals surface area contributed by atoms with Crippen molar-refractivity contribution in [2.24, 2.45) is 0 Å². The van der Waals surface area contributed by atoms with Gasteiger partial charge in [0, 0.05) is 23.5 Å². The lowest BCUT2D eigenvalue weighted by atomic mass is 10.3. The highest BCUT2D eigenvalue weighted by molar-refractivity contribution is 5.75. The molecule has 0 saturated heterocycles. The van der Waals surface area contributed by atoms with Crippen LogP contribution in [0, 0.1) is 27.2 Å². The van der Waals surface area contributed by atoms with Crippen LogP contribution < -0.4 is 0 Å². The summed E-state index contributed by atoms with van der Waals surface area (Å²) in [5.74, 6) is -1.52. The van der Waals surface area contributed by atoms with E-state index < -0.39 is 21.7 Å². The Kier molecular flexibility index (Phi) is 3.87. The van der Waals surface area contributed by atoms with Crippen LogP contribution in [0.2, 0.25) is 0 Å². The van der Waals surface area contributed by atoms with E-state index >= 15 is 0 Å². The molecule has 0 amide bonds. The van der Waals surface area contributed by atoms with Crippen LogP contribution in [0.25, 0.3) is 5.95 Å². The van der Waals surface area contributed by atoms with E-state index in [1.165, 1.54) is 13.8 Å². The van der Waals surface area contributed by atoms with Gasteiger partial charge in [-0.1, -0.05) is 4.68 Å². The van der Waals surface area contributed by atoms with Crippen molar-refractivity contribution in [2.45, 2.75) is 26.8 Å². The zero-order chi connectivity index (χ0) is 16.4. The Balaban J connectivity index is 2.50. The number of nitrogens with zero attached hydrogens (tertiary/aromatic N) is 8. The molecule has 0 spiro atoms. The number of carbonyl (C=O) groups excluding carboxylic acids is 1. The summed E-state index contributed by atoms with van der Waals surface area (Å²) in [7, 11) is 0. The van der Waals surface area contributed by atoms with Crippen molar-refractivity contribution in [3.8, 4) is 5.95 Å². The van der Waals surface area contributed by atoms with Crippen molar-refractivity contribution < 1.29 is 14.6 Å². The lowest BCUT2D eigenvalue weighted by Gasteiger charge is -1.97. The Morgan fingerprint density at radius 1 is 1.14 bits per heavy atom. The molecule has 116 valence electrons. The Morgan fingerprint density at radius 2 is 1.73 bits per heavy atom. The molecule has 0 unspecified atom stereocenters. The SMILES string of the molecule is CC(=O)CCn1nc([N+](=O)[O-])nc1-n1nc([N+](=O)[O-])nc1C. The zero-order valence-electron chi connectivity index (χ0n) is 11.5. The fourth-order valence-electron chi connectivity index (χ4n) is 1.61. The van der Waals surface area contributed by atoms with Gasteiger partial charge in [0.1, 0.15) is 5.78 Å². The summed E-state index contributed by atoms with van der Waals surface area (Å²) in [5.41, 5.74) is 0. The molecule has 0 aliphatic rings. The van der Waals surface area contributed by atoms with E-state index in [4.69, 9.17) is 0 Å². The molecule has 0 aliphatic heterocycles. The molecule has 0 radical (unpaired) electrons. The summed E-state index contributed by atoms with van der Waals surface area (Å²) in [6.45, 7) is 2.81. The normalized spacial score (nSPS) is 10.6. The lowest BCUT2D eigenvalue weighted by molar-refractivity contribution is -0.394. The minimum absolute atomic E-state index is 0.0264. The number of nitro groups is 2. The molecule has 2 heterocycles. The second-order valence-electron chi connectivity index (χ2n) is 4.27. The molecule has 0 fully saturated rings. The summed E-state index contributed by atoms with van der Waals surface area (Å²) >= 11 is 0. The average Bonchev–Trinajstić information content (AvgIpc) is 2.99. The standard InChI is InChI=1S/C9H10N8O5/c1-5(18)3-4-14-9(11-8(12-14)17(21)22)15-6(2)10-7(13-15)16(19)20/h3-4H2,1-2H3. The first kappa shape index (κ1) is 15.1. The van der Waals surface area contributed by atoms with Crippen molar-refractivity contribution in [2.75, 3.05) is 0 Å². The van der Waals surface area contributed by atoms with Gasteiger partial charge in [0.25, 0.3) is 0 Å². The molecule has 0 atom stereocenters. The van der Waals surface area contributed by atoms with Gasteiger partial charge >= 0.3 is 17.8 Å². The maximum absolute atomic E-state index is 11.0. The molecule has 0 bridgehead atoms. The molecule has 2 rings (SSSR count). The van der Waals surface area contributed by atoms with Crippen molar-refractivity contribution in [3.05, 3.63) is 26.1 Å². The van der Waals surface area contributed by atoms with E-state index in [1.54, 1.807) is 0 Å². The van der Waals surface area contributed by atoms with Crippen LogP contribution in [0.4, 0.5) is 11.9 Å². The predicted octanol–water partition coefficient (Wildman–Crippen LogP) is -0.0373. The second kappa shape index (κ2) is 5.63. The average molecular weight is 310 g/mol. The number of Topliss-reactive ketones (excluding diaryl/α,β-unsaturated/α-hetero) is 1. The van der Waals surface area contributed by atoms with Crippen LogP contribution in [0.1, 0.15) is 19.2 Å². The number of hydrogen-bond donors (Lipinski definition) is 0. The van der Waals surface area contributed by atoms with Crippen LogP contribution in [-0.4, -0.2) is 45.2 Å². The van der Waals surface area contributed by atoms with Gasteiger partial charge in [-0.3, -0.25) is 4.79 Å². The molecule has 0 aliphatic carbocycles. The predicted molar refractivity (Wildman–Crippen MR) is 68.3 cm³/mol. The number of rotatable bonds is 6. The number of aryl methyl sites for hydroxylation is 2. The summed E-state index contributed by atoms with van der Waals surface area (Å²) < 4.78 is 2.06. The number of hydrogen-bond acceptors (Lipinski definition) is 9. The van der Waals surface area contributed by atoms with Crippen molar-refractivity contribution in [1.82, 2.24) is 29.5 Å². The molecular weight excluding hydrogens is 300 g/mol. The van der Waals surface area contributed by atoms with Crippen LogP contribution >= 0.6 is 0 Å². The van der Waals surface area contributed by atoms with Gasteiger partial charge < -0.3 is 20.2 Å². The van der Waals surface area contributed by atoms with E-state index in [2.05, 4.69) is 20.2 Å². The Bertz CT molecular complexity index is 762. The van der Waals surface area contributed by atoms with Crippen LogP contribution in [0.3, 0.4) is 0 Å². The lowest BCUT2D eigenvalue weighted by Crippen LogP contribution is -2.12. The largest absolute Gasteiger partial charge is 0.493 e. The molecule has 13 nitrogen and oxygen atoms in total. The quantitative estimate of drug-likeness (QED) is 0.525. The number of aromatic nitrogens is 6. The third-order valence-electron chi connectivity index (χ3n) is 2.59. The summed E-state index contributed by atoms with van der Waals surface area (Å²) in [6.07, 6.45) is 0.0728. The highest BCUT2D eigenvalue weighted by Crippen LogP contribution is 2.15. The molecule has 0 N–H and O–H groups in total. The Labute approximate surface area is 121 Å². The van der Waals surface area contributed by atoms with Crippen LogP contribution in [0.5, 0.6) is 0 Å². The molecule has 2 aromatic rings. The van der Waals surface area contributed by atoms with Gasteiger partial charge in [0.05, 0.1) is 6.54 Å². The first-order chi connectivity index (χ1) is 10.3. The maximum atomic E-state index is 11.0. The number of ketones is 1. The molecule has 0 aromatic carbocycles. The van der Waals surface area contributed by atoms with Gasteiger partial charge in [0.15, 0.2) is 0 Å². The zero-order valence-corrected chi connectivity index (χ0v) is 11.5. The molecule has 22 heavy (non-hydrogen) atoms. The van der Waals surface area contributed by atoms with E-state index in [9.17, 15) is 25.0 Å². The monoisotopic (exact) mass is 310 g/mol. The Morgan fingerprint density at radius 3 is 2.23 bits per heavy atom. The van der Waals surface area contributed by atoms with Gasteiger partial charge in [0.2, 0.25) is 5.82 Å².